The molecule has 0 spiro atoms. The van der Waals surface area contributed by atoms with E-state index in [0.717, 1.165) is 18.9 Å². The lowest BCUT2D eigenvalue weighted by atomic mass is 10.1. The van der Waals surface area contributed by atoms with Crippen molar-refractivity contribution in [3.8, 4) is 0 Å². The topological polar surface area (TPSA) is 24.9 Å². The van der Waals surface area contributed by atoms with Gasteiger partial charge in [0.15, 0.2) is 0 Å². The molecule has 1 aromatic heterocycles. The van der Waals surface area contributed by atoms with Crippen LogP contribution in [0, 0.1) is 0 Å². The third-order valence-corrected chi connectivity index (χ3v) is 2.51. The van der Waals surface area contributed by atoms with E-state index in [1.165, 1.54) is 24.1 Å². The normalized spacial score (nSPS) is 16.1. The zero-order chi connectivity index (χ0) is 9.10. The molecule has 2 nitrogen and oxygen atoms in total. The second kappa shape index (κ2) is 3.88. The predicted octanol–water partition coefficient (Wildman–Crippen LogP) is 1.72. The number of hydrogen-bond acceptors (Lipinski definition) is 2. The Hall–Kier alpha value is -0.890. The first-order valence-corrected chi connectivity index (χ1v) is 4.99. The molecule has 0 aliphatic heterocycles. The van der Waals surface area contributed by atoms with E-state index >= 15 is 0 Å². The van der Waals surface area contributed by atoms with Crippen molar-refractivity contribution in [3.63, 3.8) is 0 Å². The smallest absolute Gasteiger partial charge is 0.0434 e. The van der Waals surface area contributed by atoms with Gasteiger partial charge in [0, 0.05) is 17.8 Å². The first kappa shape index (κ1) is 8.70. The summed E-state index contributed by atoms with van der Waals surface area (Å²) in [6, 6.07) is 4.39. The number of rotatable bonds is 4. The molecule has 0 bridgehead atoms. The highest BCUT2D eigenvalue weighted by molar-refractivity contribution is 5.20. The van der Waals surface area contributed by atoms with Gasteiger partial charge in [0.25, 0.3) is 0 Å². The van der Waals surface area contributed by atoms with Crippen LogP contribution in [0.4, 0.5) is 0 Å². The van der Waals surface area contributed by atoms with Crippen LogP contribution < -0.4 is 5.32 Å². The van der Waals surface area contributed by atoms with Crippen molar-refractivity contribution in [1.29, 1.82) is 0 Å². The van der Waals surface area contributed by atoms with Crippen LogP contribution in [0.15, 0.2) is 18.3 Å². The molecule has 1 fully saturated rings. The molecule has 0 saturated heterocycles. The van der Waals surface area contributed by atoms with E-state index in [-0.39, 0.29) is 0 Å². The average molecular weight is 176 g/mol. The molecule has 1 N–H and O–H groups in total. The van der Waals surface area contributed by atoms with Crippen molar-refractivity contribution in [1.82, 2.24) is 10.3 Å². The summed E-state index contributed by atoms with van der Waals surface area (Å²) in [5, 5.41) is 3.14. The molecule has 0 radical (unpaired) electrons. The molecule has 1 heterocycles. The van der Waals surface area contributed by atoms with Crippen molar-refractivity contribution in [2.24, 2.45) is 0 Å². The number of likely N-dealkylation sites (N-methyl/N-ethyl adjacent to an activating group) is 1. The molecular formula is C11H16N2. The van der Waals surface area contributed by atoms with E-state index in [1.54, 1.807) is 0 Å². The third kappa shape index (κ3) is 2.28. The van der Waals surface area contributed by atoms with Gasteiger partial charge in [-0.2, -0.15) is 0 Å². The highest BCUT2D eigenvalue weighted by atomic mass is 14.8. The summed E-state index contributed by atoms with van der Waals surface area (Å²) < 4.78 is 0. The molecular weight excluding hydrogens is 160 g/mol. The summed E-state index contributed by atoms with van der Waals surface area (Å²) in [5.74, 6) is 0.776. The van der Waals surface area contributed by atoms with Gasteiger partial charge < -0.3 is 5.32 Å². The van der Waals surface area contributed by atoms with Crippen LogP contribution >= 0.6 is 0 Å². The number of pyridine rings is 1. The van der Waals surface area contributed by atoms with Crippen LogP contribution in [0.3, 0.4) is 0 Å². The van der Waals surface area contributed by atoms with E-state index in [1.807, 2.05) is 13.2 Å². The minimum atomic E-state index is 0.776. The molecule has 2 rings (SSSR count). The van der Waals surface area contributed by atoms with E-state index in [2.05, 4.69) is 22.4 Å². The van der Waals surface area contributed by atoms with Gasteiger partial charge in [-0.1, -0.05) is 6.07 Å². The van der Waals surface area contributed by atoms with Crippen LogP contribution in [0.5, 0.6) is 0 Å². The van der Waals surface area contributed by atoms with Crippen LogP contribution in [0.1, 0.15) is 30.0 Å². The van der Waals surface area contributed by atoms with E-state index in [9.17, 15) is 0 Å². The van der Waals surface area contributed by atoms with Gasteiger partial charge >= 0.3 is 0 Å². The minimum Gasteiger partial charge on any atom is -0.319 e. The standard InChI is InChI=1S/C11H16N2/c1-12-7-6-9-2-5-11(13-8-9)10-3-4-10/h2,5,8,10,12H,3-4,6-7H2,1H3. The highest BCUT2D eigenvalue weighted by Crippen LogP contribution is 2.38. The average Bonchev–Trinajstić information content (AvgIpc) is 2.99. The summed E-state index contributed by atoms with van der Waals surface area (Å²) in [6.07, 6.45) is 5.77. The zero-order valence-electron chi connectivity index (χ0n) is 8.09. The van der Waals surface area contributed by atoms with Gasteiger partial charge in [0.1, 0.15) is 0 Å². The predicted molar refractivity (Wildman–Crippen MR) is 53.8 cm³/mol. The number of nitrogens with one attached hydrogen (secondary N) is 1. The van der Waals surface area contributed by atoms with E-state index < -0.39 is 0 Å². The van der Waals surface area contributed by atoms with Gasteiger partial charge in [-0.05, 0) is 44.5 Å². The maximum Gasteiger partial charge on any atom is 0.0434 e. The Morgan fingerprint density at radius 2 is 2.31 bits per heavy atom. The van der Waals surface area contributed by atoms with Gasteiger partial charge in [-0.3, -0.25) is 4.98 Å². The maximum atomic E-state index is 4.47. The number of nitrogens with zero attached hydrogens (tertiary/aromatic N) is 1. The fraction of sp³-hybridized carbons (Fsp3) is 0.545. The molecule has 0 atom stereocenters. The molecule has 1 aliphatic carbocycles. The molecule has 0 aromatic carbocycles. The Bertz CT molecular complexity index is 262. The third-order valence-electron chi connectivity index (χ3n) is 2.51. The summed E-state index contributed by atoms with van der Waals surface area (Å²) >= 11 is 0. The van der Waals surface area contributed by atoms with Gasteiger partial charge in [-0.15, -0.1) is 0 Å². The fourth-order valence-corrected chi connectivity index (χ4v) is 1.47. The van der Waals surface area contributed by atoms with Gasteiger partial charge in [0.2, 0.25) is 0 Å². The molecule has 1 aliphatic rings. The lowest BCUT2D eigenvalue weighted by Crippen LogP contribution is -2.10. The molecule has 0 amide bonds. The summed E-state index contributed by atoms with van der Waals surface area (Å²) in [4.78, 5) is 4.47. The van der Waals surface area contributed by atoms with Crippen LogP contribution in [-0.4, -0.2) is 18.6 Å². The highest BCUT2D eigenvalue weighted by Gasteiger charge is 2.24. The van der Waals surface area contributed by atoms with Crippen LogP contribution in [0.25, 0.3) is 0 Å². The molecule has 2 heteroatoms. The largest absolute Gasteiger partial charge is 0.319 e. The molecule has 70 valence electrons. The Kier molecular flexibility index (Phi) is 2.60. The SMILES string of the molecule is CNCCc1ccc(C2CC2)nc1. The zero-order valence-corrected chi connectivity index (χ0v) is 8.09. The van der Waals surface area contributed by atoms with Crippen LogP contribution in [-0.2, 0) is 6.42 Å². The Morgan fingerprint density at radius 3 is 2.85 bits per heavy atom. The van der Waals surface area contributed by atoms with Crippen molar-refractivity contribution in [2.75, 3.05) is 13.6 Å². The van der Waals surface area contributed by atoms with Crippen molar-refractivity contribution < 1.29 is 0 Å². The Balaban J connectivity index is 1.96. The Labute approximate surface area is 79.4 Å². The van der Waals surface area contributed by atoms with Gasteiger partial charge in [-0.25, -0.2) is 0 Å². The first-order chi connectivity index (χ1) is 6.40. The first-order valence-electron chi connectivity index (χ1n) is 4.99. The Morgan fingerprint density at radius 1 is 1.46 bits per heavy atom. The number of hydrogen-bond donors (Lipinski definition) is 1. The minimum absolute atomic E-state index is 0.776. The lowest BCUT2D eigenvalue weighted by Gasteiger charge is -2.01. The second-order valence-electron chi connectivity index (χ2n) is 3.72. The maximum absolute atomic E-state index is 4.47. The fourth-order valence-electron chi connectivity index (χ4n) is 1.47. The monoisotopic (exact) mass is 176 g/mol. The summed E-state index contributed by atoms with van der Waals surface area (Å²) in [5.41, 5.74) is 2.62. The van der Waals surface area contributed by atoms with E-state index in [4.69, 9.17) is 0 Å². The molecule has 0 unspecified atom stereocenters. The van der Waals surface area contributed by atoms with Gasteiger partial charge in [0.05, 0.1) is 0 Å². The number of aromatic nitrogens is 1. The van der Waals surface area contributed by atoms with E-state index in [0.29, 0.717) is 0 Å². The molecule has 13 heavy (non-hydrogen) atoms. The van der Waals surface area contributed by atoms with Crippen LogP contribution in [0.2, 0.25) is 0 Å². The lowest BCUT2D eigenvalue weighted by molar-refractivity contribution is 0.787. The second-order valence-corrected chi connectivity index (χ2v) is 3.72. The molecule has 1 saturated carbocycles. The van der Waals surface area contributed by atoms with Crippen molar-refractivity contribution in [2.45, 2.75) is 25.2 Å². The molecule has 1 aromatic rings. The quantitative estimate of drug-likeness (QED) is 0.755. The summed E-state index contributed by atoms with van der Waals surface area (Å²) in [7, 11) is 1.98. The van der Waals surface area contributed by atoms with Crippen molar-refractivity contribution in [3.05, 3.63) is 29.6 Å². The van der Waals surface area contributed by atoms with Crippen molar-refractivity contribution >= 4 is 0 Å². The summed E-state index contributed by atoms with van der Waals surface area (Å²) in [6.45, 7) is 1.03.